The third-order valence-corrected chi connectivity index (χ3v) is 5.66. The van der Waals surface area contributed by atoms with Crippen molar-refractivity contribution >= 4 is 8.56 Å². The molecule has 0 amide bonds. The molecule has 0 heterocycles. The second-order valence-electron chi connectivity index (χ2n) is 3.46. The lowest BCUT2D eigenvalue weighted by atomic mass is 10.3. The van der Waals surface area contributed by atoms with Gasteiger partial charge in [0, 0.05) is 20.3 Å². The number of ether oxygens (including phenoxy) is 1. The Bertz CT molecular complexity index is 130. The summed E-state index contributed by atoms with van der Waals surface area (Å²) in [5.41, 5.74) is 5.48. The van der Waals surface area contributed by atoms with Gasteiger partial charge in [-0.05, 0) is 32.9 Å². The van der Waals surface area contributed by atoms with Gasteiger partial charge in [0.2, 0.25) is 0 Å². The van der Waals surface area contributed by atoms with Gasteiger partial charge in [0.05, 0.1) is 6.23 Å². The molecule has 15 heavy (non-hydrogen) atoms. The van der Waals surface area contributed by atoms with Crippen molar-refractivity contribution in [2.75, 3.05) is 33.1 Å². The average Bonchev–Trinajstić information content (AvgIpc) is 2.19. The van der Waals surface area contributed by atoms with E-state index in [9.17, 15) is 0 Å². The summed E-state index contributed by atoms with van der Waals surface area (Å²) in [7, 11) is -0.413. The minimum Gasteiger partial charge on any atom is -0.393 e. The van der Waals surface area contributed by atoms with Crippen molar-refractivity contribution in [3.05, 3.63) is 0 Å². The Morgan fingerprint density at radius 2 is 1.67 bits per heavy atom. The van der Waals surface area contributed by atoms with Gasteiger partial charge in [0.25, 0.3) is 0 Å². The number of rotatable bonds is 10. The van der Waals surface area contributed by atoms with Gasteiger partial charge in [0.15, 0.2) is 0 Å². The van der Waals surface area contributed by atoms with Gasteiger partial charge in [0.1, 0.15) is 0 Å². The van der Waals surface area contributed by atoms with Crippen LogP contribution < -0.4 is 5.73 Å². The first kappa shape index (κ1) is 15.1. The van der Waals surface area contributed by atoms with Crippen LogP contribution in [-0.4, -0.2) is 41.7 Å². The van der Waals surface area contributed by atoms with E-state index in [1.54, 1.807) is 7.11 Å². The molecule has 0 saturated heterocycles. The largest absolute Gasteiger partial charge is 0.393 e. The van der Waals surface area contributed by atoms with Crippen molar-refractivity contribution in [2.24, 2.45) is 5.73 Å². The smallest absolute Gasteiger partial charge is 0.364 e. The molecule has 92 valence electrons. The Kier molecular flexibility index (Phi) is 9.33. The minimum absolute atomic E-state index is 0.610. The molecule has 0 aromatic heterocycles. The fourth-order valence-electron chi connectivity index (χ4n) is 1.63. The molecular weight excluding hydrogens is 210 g/mol. The molecule has 0 fully saturated rings. The van der Waals surface area contributed by atoms with Gasteiger partial charge in [-0.3, -0.25) is 0 Å². The standard InChI is InChI=1S/C10H25NO3Si/c1-4-13-15(10-12-3,14-5-2)9-7-6-8-11/h4-11H2,1-3H3. The van der Waals surface area contributed by atoms with Crippen molar-refractivity contribution in [1.29, 1.82) is 0 Å². The molecule has 0 aromatic rings. The van der Waals surface area contributed by atoms with Crippen LogP contribution in [0.15, 0.2) is 0 Å². The third kappa shape index (κ3) is 6.27. The summed E-state index contributed by atoms with van der Waals surface area (Å²) in [6, 6.07) is 0.972. The first-order chi connectivity index (χ1) is 7.24. The van der Waals surface area contributed by atoms with Crippen LogP contribution in [-0.2, 0) is 13.6 Å². The van der Waals surface area contributed by atoms with Crippen molar-refractivity contribution in [1.82, 2.24) is 0 Å². The van der Waals surface area contributed by atoms with Crippen LogP contribution in [0.2, 0.25) is 6.04 Å². The molecule has 0 rings (SSSR count). The average molecular weight is 235 g/mol. The molecule has 5 heteroatoms. The molecule has 0 aromatic carbocycles. The summed E-state index contributed by atoms with van der Waals surface area (Å²) in [5, 5.41) is 0. The van der Waals surface area contributed by atoms with Gasteiger partial charge in [-0.15, -0.1) is 0 Å². The number of hydrogen-bond donors (Lipinski definition) is 1. The van der Waals surface area contributed by atoms with Crippen molar-refractivity contribution < 1.29 is 13.6 Å². The Balaban J connectivity index is 4.18. The molecule has 0 radical (unpaired) electrons. The molecule has 0 atom stereocenters. The molecule has 0 aliphatic carbocycles. The van der Waals surface area contributed by atoms with Crippen LogP contribution in [0.4, 0.5) is 0 Å². The molecule has 0 bridgehead atoms. The molecule has 2 N–H and O–H groups in total. The molecular formula is C10H25NO3Si. The van der Waals surface area contributed by atoms with Gasteiger partial charge in [-0.25, -0.2) is 0 Å². The van der Waals surface area contributed by atoms with Gasteiger partial charge in [-0.2, -0.15) is 0 Å². The van der Waals surface area contributed by atoms with Crippen LogP contribution in [0.1, 0.15) is 26.7 Å². The number of unbranched alkanes of at least 4 members (excludes halogenated alkanes) is 1. The summed E-state index contributed by atoms with van der Waals surface area (Å²) < 4.78 is 16.8. The third-order valence-electron chi connectivity index (χ3n) is 2.19. The van der Waals surface area contributed by atoms with E-state index in [0.29, 0.717) is 19.4 Å². The lowest BCUT2D eigenvalue weighted by Gasteiger charge is -2.29. The first-order valence-corrected chi connectivity index (χ1v) is 7.94. The van der Waals surface area contributed by atoms with E-state index in [0.717, 1.165) is 25.4 Å². The summed E-state index contributed by atoms with van der Waals surface area (Å²) in [5.74, 6) is 0. The molecule has 4 nitrogen and oxygen atoms in total. The predicted molar refractivity (Wildman–Crippen MR) is 64.0 cm³/mol. The van der Waals surface area contributed by atoms with E-state index in [-0.39, 0.29) is 0 Å². The molecule has 0 spiro atoms. The molecule has 0 unspecified atom stereocenters. The second kappa shape index (κ2) is 9.29. The second-order valence-corrected chi connectivity index (χ2v) is 6.64. The Hall–Kier alpha value is 0.0569. The van der Waals surface area contributed by atoms with Crippen molar-refractivity contribution in [3.63, 3.8) is 0 Å². The fourth-order valence-corrected chi connectivity index (χ4v) is 4.59. The number of nitrogens with two attached hydrogens (primary N) is 1. The maximum atomic E-state index is 5.81. The topological polar surface area (TPSA) is 53.7 Å². The molecule has 0 aliphatic heterocycles. The van der Waals surface area contributed by atoms with E-state index in [4.69, 9.17) is 19.3 Å². The SMILES string of the molecule is CCO[Si](CCCCN)(COC)OCC. The molecule has 0 saturated carbocycles. The maximum absolute atomic E-state index is 5.81. The highest BCUT2D eigenvalue weighted by Crippen LogP contribution is 2.17. The zero-order chi connectivity index (χ0) is 11.6. The summed E-state index contributed by atoms with van der Waals surface area (Å²) >= 11 is 0. The van der Waals surface area contributed by atoms with Crippen LogP contribution in [0.25, 0.3) is 0 Å². The normalized spacial score (nSPS) is 12.0. The quantitative estimate of drug-likeness (QED) is 0.460. The Morgan fingerprint density at radius 1 is 1.07 bits per heavy atom. The van der Waals surface area contributed by atoms with Gasteiger partial charge >= 0.3 is 8.56 Å². The van der Waals surface area contributed by atoms with Crippen LogP contribution in [0.5, 0.6) is 0 Å². The first-order valence-electron chi connectivity index (χ1n) is 5.71. The Labute approximate surface area is 94.3 Å². The van der Waals surface area contributed by atoms with E-state index < -0.39 is 8.56 Å². The molecule has 0 aliphatic rings. The minimum atomic E-state index is -2.11. The lowest BCUT2D eigenvalue weighted by molar-refractivity contribution is 0.131. The van der Waals surface area contributed by atoms with Gasteiger partial charge in [-0.1, -0.05) is 6.42 Å². The summed E-state index contributed by atoms with van der Waals surface area (Å²) in [4.78, 5) is 0. The van der Waals surface area contributed by atoms with Crippen molar-refractivity contribution in [3.8, 4) is 0 Å². The zero-order valence-electron chi connectivity index (χ0n) is 10.3. The van der Waals surface area contributed by atoms with Crippen LogP contribution >= 0.6 is 0 Å². The predicted octanol–water partition coefficient (Wildman–Crippen LogP) is 1.43. The van der Waals surface area contributed by atoms with Gasteiger partial charge < -0.3 is 19.3 Å². The highest BCUT2D eigenvalue weighted by atomic mass is 28.4. The highest BCUT2D eigenvalue weighted by molar-refractivity contribution is 6.67. The Morgan fingerprint density at radius 3 is 2.07 bits per heavy atom. The maximum Gasteiger partial charge on any atom is 0.364 e. The zero-order valence-corrected chi connectivity index (χ0v) is 11.3. The lowest BCUT2D eigenvalue weighted by Crippen LogP contribution is -2.47. The fraction of sp³-hybridized carbons (Fsp3) is 1.00. The van der Waals surface area contributed by atoms with E-state index >= 15 is 0 Å². The summed E-state index contributed by atoms with van der Waals surface area (Å²) in [6.45, 7) is 6.12. The monoisotopic (exact) mass is 235 g/mol. The van der Waals surface area contributed by atoms with Crippen LogP contribution in [0.3, 0.4) is 0 Å². The van der Waals surface area contributed by atoms with Crippen LogP contribution in [0, 0.1) is 0 Å². The van der Waals surface area contributed by atoms with E-state index in [2.05, 4.69) is 0 Å². The number of methoxy groups -OCH3 is 1. The highest BCUT2D eigenvalue weighted by Gasteiger charge is 2.36. The van der Waals surface area contributed by atoms with E-state index in [1.165, 1.54) is 0 Å². The summed E-state index contributed by atoms with van der Waals surface area (Å²) in [6.07, 6.45) is 2.70. The number of hydrogen-bond acceptors (Lipinski definition) is 4. The van der Waals surface area contributed by atoms with E-state index in [1.807, 2.05) is 13.8 Å². The van der Waals surface area contributed by atoms with Crippen molar-refractivity contribution in [2.45, 2.75) is 32.7 Å².